The first-order valence-corrected chi connectivity index (χ1v) is 6.91. The van der Waals surface area contributed by atoms with E-state index in [-0.39, 0.29) is 6.61 Å². The number of aliphatic hydroxyl groups excluding tert-OH is 1. The summed E-state index contributed by atoms with van der Waals surface area (Å²) in [5.41, 5.74) is 3.16. The molecule has 3 rings (SSSR count). The fourth-order valence-corrected chi connectivity index (χ4v) is 2.96. The fraction of sp³-hybridized carbons (Fsp3) is 0.0625. The molecule has 3 heteroatoms. The van der Waals surface area contributed by atoms with Crippen LogP contribution in [0.1, 0.15) is 5.01 Å². The third-order valence-corrected chi connectivity index (χ3v) is 3.98. The van der Waals surface area contributed by atoms with Crippen LogP contribution in [0.25, 0.3) is 21.7 Å². The highest BCUT2D eigenvalue weighted by Gasteiger charge is 2.13. The highest BCUT2D eigenvalue weighted by molar-refractivity contribution is 7.15. The van der Waals surface area contributed by atoms with Crippen LogP contribution in [0.2, 0.25) is 0 Å². The van der Waals surface area contributed by atoms with E-state index in [9.17, 15) is 5.11 Å². The minimum absolute atomic E-state index is 0.0165. The molecule has 0 atom stereocenters. The maximum absolute atomic E-state index is 9.32. The quantitative estimate of drug-likeness (QED) is 0.779. The Morgan fingerprint density at radius 3 is 2.00 bits per heavy atom. The van der Waals surface area contributed by atoms with E-state index in [1.54, 1.807) is 11.3 Å². The van der Waals surface area contributed by atoms with Crippen molar-refractivity contribution in [3.8, 4) is 21.7 Å². The lowest BCUT2D eigenvalue weighted by atomic mass is 10.1. The summed E-state index contributed by atoms with van der Waals surface area (Å²) in [6.07, 6.45) is 0. The average molecular weight is 267 g/mol. The van der Waals surface area contributed by atoms with Gasteiger partial charge in [0, 0.05) is 5.56 Å². The Balaban J connectivity index is 2.17. The monoisotopic (exact) mass is 267 g/mol. The predicted molar refractivity (Wildman–Crippen MR) is 78.9 cm³/mol. The molecule has 0 spiro atoms. The molecule has 2 nitrogen and oxygen atoms in total. The van der Waals surface area contributed by atoms with Crippen LogP contribution in [-0.2, 0) is 6.61 Å². The van der Waals surface area contributed by atoms with Crippen molar-refractivity contribution in [2.24, 2.45) is 0 Å². The van der Waals surface area contributed by atoms with Gasteiger partial charge in [0.1, 0.15) is 5.01 Å². The molecule has 0 aliphatic rings. The van der Waals surface area contributed by atoms with Crippen LogP contribution >= 0.6 is 11.3 Å². The van der Waals surface area contributed by atoms with E-state index < -0.39 is 0 Å². The van der Waals surface area contributed by atoms with Crippen molar-refractivity contribution in [3.05, 3.63) is 65.7 Å². The normalized spacial score (nSPS) is 10.6. The molecule has 0 aliphatic heterocycles. The number of aliphatic hydroxyl groups is 1. The van der Waals surface area contributed by atoms with E-state index in [1.807, 2.05) is 48.5 Å². The average Bonchev–Trinajstić information content (AvgIpc) is 2.93. The Morgan fingerprint density at radius 2 is 1.42 bits per heavy atom. The van der Waals surface area contributed by atoms with Gasteiger partial charge in [-0.2, -0.15) is 0 Å². The third-order valence-electron chi connectivity index (χ3n) is 2.89. The Morgan fingerprint density at radius 1 is 0.842 bits per heavy atom. The zero-order chi connectivity index (χ0) is 13.1. The Hall–Kier alpha value is -1.97. The minimum atomic E-state index is -0.0165. The number of hydrogen-bond acceptors (Lipinski definition) is 3. The standard InChI is InChI=1S/C16H13NOS/c18-11-14-17-15(12-7-3-1-4-8-12)16(19-14)13-9-5-2-6-10-13/h1-10,18H,11H2. The SMILES string of the molecule is OCc1nc(-c2ccccc2)c(-c2ccccc2)s1. The molecule has 0 fully saturated rings. The summed E-state index contributed by atoms with van der Waals surface area (Å²) in [5, 5.41) is 10.1. The molecular formula is C16H13NOS. The second-order valence-electron chi connectivity index (χ2n) is 4.18. The zero-order valence-corrected chi connectivity index (χ0v) is 11.1. The maximum atomic E-state index is 9.32. The van der Waals surface area contributed by atoms with Crippen molar-refractivity contribution in [2.45, 2.75) is 6.61 Å². The van der Waals surface area contributed by atoms with E-state index in [4.69, 9.17) is 0 Å². The van der Waals surface area contributed by atoms with Crippen molar-refractivity contribution in [3.63, 3.8) is 0 Å². The summed E-state index contributed by atoms with van der Waals surface area (Å²) in [4.78, 5) is 5.65. The first-order chi connectivity index (χ1) is 9.38. The van der Waals surface area contributed by atoms with E-state index >= 15 is 0 Å². The molecule has 1 heterocycles. The molecule has 0 unspecified atom stereocenters. The van der Waals surface area contributed by atoms with Gasteiger partial charge in [-0.1, -0.05) is 60.7 Å². The molecule has 0 radical (unpaired) electrons. The summed E-state index contributed by atoms with van der Waals surface area (Å²) in [6, 6.07) is 20.3. The highest BCUT2D eigenvalue weighted by atomic mass is 32.1. The summed E-state index contributed by atoms with van der Waals surface area (Å²) < 4.78 is 0. The topological polar surface area (TPSA) is 33.1 Å². The summed E-state index contributed by atoms with van der Waals surface area (Å²) in [5.74, 6) is 0. The van der Waals surface area contributed by atoms with Crippen LogP contribution < -0.4 is 0 Å². The third kappa shape index (κ3) is 2.43. The van der Waals surface area contributed by atoms with Gasteiger partial charge in [-0.05, 0) is 5.56 Å². The number of aromatic nitrogens is 1. The van der Waals surface area contributed by atoms with Crippen molar-refractivity contribution < 1.29 is 5.11 Å². The fourth-order valence-electron chi connectivity index (χ4n) is 2.01. The van der Waals surface area contributed by atoms with Crippen LogP contribution in [0, 0.1) is 0 Å². The lowest BCUT2D eigenvalue weighted by molar-refractivity contribution is 0.281. The van der Waals surface area contributed by atoms with Crippen molar-refractivity contribution in [2.75, 3.05) is 0 Å². The number of rotatable bonds is 3. The van der Waals surface area contributed by atoms with Crippen molar-refractivity contribution in [1.29, 1.82) is 0 Å². The second-order valence-corrected chi connectivity index (χ2v) is 5.26. The molecule has 0 saturated carbocycles. The first kappa shape index (κ1) is 12.1. The van der Waals surface area contributed by atoms with Gasteiger partial charge < -0.3 is 5.11 Å². The van der Waals surface area contributed by atoms with Gasteiger partial charge in [-0.3, -0.25) is 0 Å². The number of benzene rings is 2. The van der Waals surface area contributed by atoms with Crippen molar-refractivity contribution in [1.82, 2.24) is 4.98 Å². The Bertz CT molecular complexity index is 605. The molecule has 0 aliphatic carbocycles. The molecule has 1 aromatic heterocycles. The van der Waals surface area contributed by atoms with Crippen LogP contribution in [0.15, 0.2) is 60.7 Å². The molecular weight excluding hydrogens is 254 g/mol. The Kier molecular flexibility index (Phi) is 3.40. The van der Waals surface area contributed by atoms with Gasteiger partial charge in [-0.15, -0.1) is 11.3 Å². The predicted octanol–water partition coefficient (Wildman–Crippen LogP) is 3.97. The van der Waals surface area contributed by atoms with Crippen LogP contribution in [0.5, 0.6) is 0 Å². The van der Waals surface area contributed by atoms with Crippen LogP contribution in [-0.4, -0.2) is 10.1 Å². The smallest absolute Gasteiger partial charge is 0.119 e. The Labute approximate surface area is 116 Å². The molecule has 0 saturated heterocycles. The number of hydrogen-bond donors (Lipinski definition) is 1. The first-order valence-electron chi connectivity index (χ1n) is 6.10. The van der Waals surface area contributed by atoms with Gasteiger partial charge in [0.05, 0.1) is 17.2 Å². The summed E-state index contributed by atoms with van der Waals surface area (Å²) in [7, 11) is 0. The summed E-state index contributed by atoms with van der Waals surface area (Å²) in [6.45, 7) is -0.0165. The summed E-state index contributed by atoms with van der Waals surface area (Å²) >= 11 is 1.55. The number of nitrogens with zero attached hydrogens (tertiary/aromatic N) is 1. The zero-order valence-electron chi connectivity index (χ0n) is 10.3. The van der Waals surface area contributed by atoms with Gasteiger partial charge >= 0.3 is 0 Å². The van der Waals surface area contributed by atoms with E-state index in [2.05, 4.69) is 17.1 Å². The largest absolute Gasteiger partial charge is 0.389 e. The van der Waals surface area contributed by atoms with E-state index in [0.29, 0.717) is 0 Å². The molecule has 2 aromatic carbocycles. The lowest BCUT2D eigenvalue weighted by Crippen LogP contribution is -1.83. The second kappa shape index (κ2) is 5.34. The maximum Gasteiger partial charge on any atom is 0.119 e. The van der Waals surface area contributed by atoms with Crippen LogP contribution in [0.3, 0.4) is 0 Å². The molecule has 3 aromatic rings. The van der Waals surface area contributed by atoms with Crippen molar-refractivity contribution >= 4 is 11.3 Å². The van der Waals surface area contributed by atoms with Gasteiger partial charge in [-0.25, -0.2) is 4.98 Å². The van der Waals surface area contributed by atoms with Gasteiger partial charge in [0.25, 0.3) is 0 Å². The van der Waals surface area contributed by atoms with Gasteiger partial charge in [0.2, 0.25) is 0 Å². The van der Waals surface area contributed by atoms with E-state index in [1.165, 1.54) is 0 Å². The lowest BCUT2D eigenvalue weighted by Gasteiger charge is -2.02. The highest BCUT2D eigenvalue weighted by Crippen LogP contribution is 2.36. The number of thiazole rings is 1. The molecule has 19 heavy (non-hydrogen) atoms. The molecule has 94 valence electrons. The minimum Gasteiger partial charge on any atom is -0.389 e. The van der Waals surface area contributed by atoms with Gasteiger partial charge in [0.15, 0.2) is 0 Å². The molecule has 0 bridgehead atoms. The van der Waals surface area contributed by atoms with E-state index in [0.717, 1.165) is 26.7 Å². The van der Waals surface area contributed by atoms with Crippen LogP contribution in [0.4, 0.5) is 0 Å². The molecule has 0 amide bonds. The molecule has 1 N–H and O–H groups in total.